The lowest BCUT2D eigenvalue weighted by molar-refractivity contribution is -0.131. The minimum Gasteiger partial charge on any atom is -0.385 e. The molecular formula is C27H30BrN9O2S. The van der Waals surface area contributed by atoms with E-state index in [1.165, 1.54) is 11.3 Å². The Kier molecular flexibility index (Phi) is 8.39. The monoisotopic (exact) mass is 623 g/mol. The molecule has 0 saturated heterocycles. The third-order valence-corrected chi connectivity index (χ3v) is 8.87. The Morgan fingerprint density at radius 2 is 2.23 bits per heavy atom. The van der Waals surface area contributed by atoms with E-state index < -0.39 is 5.41 Å². The number of hydrogen-bond donors (Lipinski definition) is 2. The number of aryl methyl sites for hydroxylation is 2. The Morgan fingerprint density at radius 3 is 2.95 bits per heavy atom. The van der Waals surface area contributed by atoms with Gasteiger partial charge >= 0.3 is 0 Å². The highest BCUT2D eigenvalue weighted by molar-refractivity contribution is 9.10. The number of benzene rings is 1. The molecule has 0 aliphatic heterocycles. The highest BCUT2D eigenvalue weighted by Crippen LogP contribution is 2.42. The molecule has 5 rings (SSSR count). The first-order valence-electron chi connectivity index (χ1n) is 13.1. The summed E-state index contributed by atoms with van der Waals surface area (Å²) in [5, 5.41) is 31.2. The van der Waals surface area contributed by atoms with Crippen LogP contribution in [-0.2, 0) is 16.0 Å². The van der Waals surface area contributed by atoms with Crippen molar-refractivity contribution in [3.8, 4) is 22.3 Å². The molecule has 1 amide bonds. The third-order valence-electron chi connectivity index (χ3n) is 7.41. The number of amides is 1. The molecule has 1 aliphatic carbocycles. The Balaban J connectivity index is 1.45. The largest absolute Gasteiger partial charge is 0.385 e. The average Bonchev–Trinajstić information content (AvgIpc) is 3.67. The normalized spacial score (nSPS) is 18.6. The third kappa shape index (κ3) is 5.56. The molecule has 11 nitrogen and oxygen atoms in total. The van der Waals surface area contributed by atoms with Gasteiger partial charge in [-0.05, 0) is 78.7 Å². The van der Waals surface area contributed by atoms with Crippen LogP contribution in [0.15, 0.2) is 29.0 Å². The molecule has 40 heavy (non-hydrogen) atoms. The Bertz CT molecular complexity index is 1580. The molecule has 1 aromatic carbocycles. The molecule has 208 valence electrons. The van der Waals surface area contributed by atoms with Gasteiger partial charge in [-0.25, -0.2) is 9.67 Å². The minimum absolute atomic E-state index is 0.0477. The van der Waals surface area contributed by atoms with Crippen LogP contribution in [0, 0.1) is 23.7 Å². The summed E-state index contributed by atoms with van der Waals surface area (Å²) < 4.78 is 7.70. The number of ether oxygens (including phenoxy) is 1. The molecule has 1 fully saturated rings. The van der Waals surface area contributed by atoms with Gasteiger partial charge in [0.05, 0.1) is 22.6 Å². The van der Waals surface area contributed by atoms with Gasteiger partial charge in [0, 0.05) is 45.0 Å². The first-order chi connectivity index (χ1) is 19.4. The summed E-state index contributed by atoms with van der Waals surface area (Å²) in [6.45, 7) is 2.45. The summed E-state index contributed by atoms with van der Waals surface area (Å²) in [7, 11) is 3.34. The number of anilines is 1. The van der Waals surface area contributed by atoms with Crippen LogP contribution in [0.25, 0.3) is 27.3 Å². The van der Waals surface area contributed by atoms with Crippen LogP contribution in [-0.4, -0.2) is 62.7 Å². The number of aromatic nitrogens is 6. The molecule has 4 aromatic rings. The van der Waals surface area contributed by atoms with E-state index in [-0.39, 0.29) is 11.9 Å². The van der Waals surface area contributed by atoms with E-state index in [4.69, 9.17) is 14.8 Å². The highest BCUT2D eigenvalue weighted by Gasteiger charge is 2.44. The molecule has 0 bridgehead atoms. The van der Waals surface area contributed by atoms with E-state index in [1.807, 2.05) is 25.1 Å². The predicted molar refractivity (Wildman–Crippen MR) is 156 cm³/mol. The maximum atomic E-state index is 12.8. The SMILES string of the molecule is CNC(=O)[C@]1(CCOC)CC[C@@H](Nc2ncc3c(Br)nn(-c4ccc(-c5nnc(C)s5)c(CCC#N)c4)c3n2)C1. The maximum Gasteiger partial charge on any atom is 0.226 e. The molecule has 13 heteroatoms. The van der Waals surface area contributed by atoms with Gasteiger partial charge < -0.3 is 15.4 Å². The number of carbonyl (C=O) groups excluding carboxylic acids is 1. The minimum atomic E-state index is -0.468. The molecule has 0 radical (unpaired) electrons. The lowest BCUT2D eigenvalue weighted by Crippen LogP contribution is -2.39. The van der Waals surface area contributed by atoms with Crippen LogP contribution < -0.4 is 10.6 Å². The zero-order valence-corrected chi connectivity index (χ0v) is 25.0. The zero-order valence-electron chi connectivity index (χ0n) is 22.6. The standard InChI is InChI=1S/C27H30BrN9O2S/c1-16-34-35-24(40-16)20-7-6-19(13-17(20)5-4-11-29)37-23-21(22(28)36-37)15-31-26(33-23)32-18-8-9-27(14-18,10-12-39-3)25(38)30-2/h6-7,13,15,18H,4-5,8-10,12,14H2,1-3H3,(H,30,38)(H,31,32,33)/t18-,27+/m1/s1. The van der Waals surface area contributed by atoms with Gasteiger partial charge in [0.15, 0.2) is 5.65 Å². The number of nitrogens with zero attached hydrogens (tertiary/aromatic N) is 7. The fourth-order valence-electron chi connectivity index (χ4n) is 5.38. The van der Waals surface area contributed by atoms with E-state index in [1.54, 1.807) is 25.0 Å². The molecule has 1 saturated carbocycles. The summed E-state index contributed by atoms with van der Waals surface area (Å²) in [5.41, 5.74) is 2.95. The lowest BCUT2D eigenvalue weighted by atomic mass is 9.81. The summed E-state index contributed by atoms with van der Waals surface area (Å²) in [4.78, 5) is 22.1. The van der Waals surface area contributed by atoms with Gasteiger partial charge in [0.25, 0.3) is 0 Å². The quantitative estimate of drug-likeness (QED) is 0.259. The summed E-state index contributed by atoms with van der Waals surface area (Å²) >= 11 is 5.08. The van der Waals surface area contributed by atoms with Crippen LogP contribution in [0.1, 0.15) is 42.7 Å². The van der Waals surface area contributed by atoms with Crippen LogP contribution in [0.3, 0.4) is 0 Å². The number of nitrogens with one attached hydrogen (secondary N) is 2. The first kappa shape index (κ1) is 28.1. The molecule has 2 atom stereocenters. The number of halogens is 1. The van der Waals surface area contributed by atoms with Crippen molar-refractivity contribution in [2.75, 3.05) is 26.1 Å². The summed E-state index contributed by atoms with van der Waals surface area (Å²) in [6.07, 6.45) is 5.66. The summed E-state index contributed by atoms with van der Waals surface area (Å²) in [5.74, 6) is 0.530. The van der Waals surface area contributed by atoms with E-state index in [9.17, 15) is 10.1 Å². The van der Waals surface area contributed by atoms with Crippen molar-refractivity contribution in [2.45, 2.75) is 51.5 Å². The maximum absolute atomic E-state index is 12.8. The molecule has 0 spiro atoms. The van der Waals surface area contributed by atoms with Crippen LogP contribution >= 0.6 is 27.3 Å². The van der Waals surface area contributed by atoms with E-state index >= 15 is 0 Å². The van der Waals surface area contributed by atoms with Crippen molar-refractivity contribution >= 4 is 50.2 Å². The molecule has 1 aliphatic rings. The number of rotatable bonds is 10. The highest BCUT2D eigenvalue weighted by atomic mass is 79.9. The number of hydrogen-bond acceptors (Lipinski definition) is 10. The predicted octanol–water partition coefficient (Wildman–Crippen LogP) is 4.59. The van der Waals surface area contributed by atoms with Crippen molar-refractivity contribution in [3.05, 3.63) is 39.6 Å². The van der Waals surface area contributed by atoms with Crippen molar-refractivity contribution < 1.29 is 9.53 Å². The second kappa shape index (κ2) is 12.0. The van der Waals surface area contributed by atoms with Crippen LogP contribution in [0.5, 0.6) is 0 Å². The Morgan fingerprint density at radius 1 is 1.38 bits per heavy atom. The van der Waals surface area contributed by atoms with Gasteiger partial charge in [-0.3, -0.25) is 4.79 Å². The molecule has 2 N–H and O–H groups in total. The van der Waals surface area contributed by atoms with Crippen molar-refractivity contribution in [1.82, 2.24) is 35.3 Å². The van der Waals surface area contributed by atoms with Crippen molar-refractivity contribution in [3.63, 3.8) is 0 Å². The van der Waals surface area contributed by atoms with Gasteiger partial charge in [0.2, 0.25) is 11.9 Å². The Labute approximate surface area is 244 Å². The van der Waals surface area contributed by atoms with E-state index in [2.05, 4.69) is 47.8 Å². The fraction of sp³-hybridized carbons (Fsp3) is 0.444. The van der Waals surface area contributed by atoms with E-state index in [0.29, 0.717) is 48.5 Å². The summed E-state index contributed by atoms with van der Waals surface area (Å²) in [6, 6.07) is 8.30. The average molecular weight is 625 g/mol. The smallest absolute Gasteiger partial charge is 0.226 e. The topological polar surface area (TPSA) is 144 Å². The lowest BCUT2D eigenvalue weighted by Gasteiger charge is -2.27. The van der Waals surface area contributed by atoms with Gasteiger partial charge in [-0.1, -0.05) is 11.3 Å². The zero-order chi connectivity index (χ0) is 28.3. The van der Waals surface area contributed by atoms with Gasteiger partial charge in [-0.2, -0.15) is 15.3 Å². The van der Waals surface area contributed by atoms with Crippen LogP contribution in [0.4, 0.5) is 5.95 Å². The number of methoxy groups -OCH3 is 1. The van der Waals surface area contributed by atoms with Crippen LogP contribution in [0.2, 0.25) is 0 Å². The van der Waals surface area contributed by atoms with E-state index in [0.717, 1.165) is 45.1 Å². The Hall–Kier alpha value is -3.47. The first-order valence-corrected chi connectivity index (χ1v) is 14.7. The van der Waals surface area contributed by atoms with Gasteiger partial charge in [0.1, 0.15) is 14.6 Å². The van der Waals surface area contributed by atoms with Gasteiger partial charge in [-0.15, -0.1) is 10.2 Å². The fourth-order valence-corrected chi connectivity index (χ4v) is 6.57. The molecular weight excluding hydrogens is 594 g/mol. The second-order valence-corrected chi connectivity index (χ2v) is 11.9. The second-order valence-electron chi connectivity index (χ2n) is 9.95. The molecule has 3 aromatic heterocycles. The van der Waals surface area contributed by atoms with Crippen molar-refractivity contribution in [2.24, 2.45) is 5.41 Å². The van der Waals surface area contributed by atoms with Crippen molar-refractivity contribution in [1.29, 1.82) is 5.26 Å². The number of fused-ring (bicyclic) bond motifs is 1. The number of carbonyl (C=O) groups is 1. The molecule has 3 heterocycles. The molecule has 0 unspecified atom stereocenters. The number of nitriles is 1.